The van der Waals surface area contributed by atoms with Crippen LogP contribution in [0.2, 0.25) is 0 Å². The summed E-state index contributed by atoms with van der Waals surface area (Å²) in [6.07, 6.45) is 0.598. The molecule has 11 heteroatoms. The van der Waals surface area contributed by atoms with Gasteiger partial charge in [-0.05, 0) is 93.1 Å². The summed E-state index contributed by atoms with van der Waals surface area (Å²) in [6, 6.07) is 15.2. The lowest BCUT2D eigenvalue weighted by Crippen LogP contribution is -2.47. The quantitative estimate of drug-likeness (QED) is 0.245. The summed E-state index contributed by atoms with van der Waals surface area (Å²) in [7, 11) is 0. The van der Waals surface area contributed by atoms with Gasteiger partial charge in [0.25, 0.3) is 0 Å². The zero-order valence-corrected chi connectivity index (χ0v) is 27.3. The van der Waals surface area contributed by atoms with E-state index in [1.807, 2.05) is 40.1 Å². The van der Waals surface area contributed by atoms with Crippen molar-refractivity contribution < 1.29 is 36.6 Å². The molecule has 0 amide bonds. The van der Waals surface area contributed by atoms with Gasteiger partial charge in [0.1, 0.15) is 24.0 Å². The van der Waals surface area contributed by atoms with Crippen LogP contribution >= 0.6 is 0 Å². The van der Waals surface area contributed by atoms with Crippen molar-refractivity contribution in [1.29, 1.82) is 0 Å². The number of anilines is 1. The highest BCUT2D eigenvalue weighted by molar-refractivity contribution is 5.69. The predicted octanol–water partition coefficient (Wildman–Crippen LogP) is 7.99. The average molecular weight is 674 g/mol. The molecule has 3 aromatic carbocycles. The van der Waals surface area contributed by atoms with Crippen molar-refractivity contribution in [2.24, 2.45) is 0 Å². The maximum absolute atomic E-state index is 16.2. The molecule has 0 aliphatic carbocycles. The topological polar surface area (TPSA) is 56.3 Å². The Kier molecular flexibility index (Phi) is 12.0. The minimum absolute atomic E-state index is 0.0160. The zero-order chi connectivity index (χ0) is 34.3. The molecule has 1 N–H and O–H groups in total. The number of ether oxygens (including phenoxy) is 1. The number of nitrogens with zero attached hydrogens (tertiary/aromatic N) is 3. The standard InChI is InChI=1S/C37H44F5N3O3/c1-26-19-28-20-30(48-24-27-11-5-4-6-12-27)13-14-31(28)36(45(26)25-37(40,41)42)35-32(38)21-29(22-33(35)39)44-17-8-3-2-7-15-43(23-34(46)47)16-9-10-18-44/h4-6,11-14,20-22,26,36H,2-3,7-10,15-19,23-25H2,1H3,(H,46,47)/t26-,36?/m1/s1. The van der Waals surface area contributed by atoms with Gasteiger partial charge in [0.15, 0.2) is 0 Å². The Morgan fingerprint density at radius 3 is 2.15 bits per heavy atom. The Morgan fingerprint density at radius 2 is 1.50 bits per heavy atom. The fraction of sp³-hybridized carbons (Fsp3) is 0.486. The Labute approximate surface area is 279 Å². The van der Waals surface area contributed by atoms with Crippen LogP contribution in [0.15, 0.2) is 60.7 Å². The molecule has 2 heterocycles. The highest BCUT2D eigenvalue weighted by Gasteiger charge is 2.42. The number of hydrogen-bond donors (Lipinski definition) is 1. The molecule has 260 valence electrons. The number of hydrogen-bond acceptors (Lipinski definition) is 5. The van der Waals surface area contributed by atoms with Crippen molar-refractivity contribution in [2.45, 2.75) is 76.7 Å². The van der Waals surface area contributed by atoms with Crippen molar-refractivity contribution in [3.63, 3.8) is 0 Å². The van der Waals surface area contributed by atoms with Crippen LogP contribution in [0, 0.1) is 11.6 Å². The third kappa shape index (κ3) is 9.47. The number of carboxylic acids is 1. The van der Waals surface area contributed by atoms with E-state index < -0.39 is 48.0 Å². The molecule has 48 heavy (non-hydrogen) atoms. The van der Waals surface area contributed by atoms with Gasteiger partial charge in [0.05, 0.1) is 19.1 Å². The van der Waals surface area contributed by atoms with Crippen LogP contribution in [0.25, 0.3) is 0 Å². The number of carboxylic acid groups (broad SMARTS) is 1. The van der Waals surface area contributed by atoms with Crippen molar-refractivity contribution in [3.05, 3.63) is 94.6 Å². The summed E-state index contributed by atoms with van der Waals surface area (Å²) >= 11 is 0. The van der Waals surface area contributed by atoms with E-state index in [1.54, 1.807) is 25.1 Å². The predicted molar refractivity (Wildman–Crippen MR) is 175 cm³/mol. The van der Waals surface area contributed by atoms with E-state index in [0.29, 0.717) is 55.2 Å². The first-order valence-electron chi connectivity index (χ1n) is 16.8. The molecule has 0 aromatic heterocycles. The van der Waals surface area contributed by atoms with Gasteiger partial charge in [0.2, 0.25) is 0 Å². The van der Waals surface area contributed by atoms with E-state index in [1.165, 1.54) is 12.1 Å². The lowest BCUT2D eigenvalue weighted by atomic mass is 9.84. The van der Waals surface area contributed by atoms with E-state index in [4.69, 9.17) is 4.74 Å². The smallest absolute Gasteiger partial charge is 0.401 e. The lowest BCUT2D eigenvalue weighted by molar-refractivity contribution is -0.155. The fourth-order valence-corrected chi connectivity index (χ4v) is 6.98. The van der Waals surface area contributed by atoms with Crippen molar-refractivity contribution in [1.82, 2.24) is 9.80 Å². The highest BCUT2D eigenvalue weighted by Crippen LogP contribution is 2.43. The fourth-order valence-electron chi connectivity index (χ4n) is 6.98. The van der Waals surface area contributed by atoms with Gasteiger partial charge in [-0.1, -0.05) is 49.2 Å². The molecule has 2 aliphatic heterocycles. The van der Waals surface area contributed by atoms with Crippen LogP contribution in [0.4, 0.5) is 27.6 Å². The minimum Gasteiger partial charge on any atom is -0.489 e. The first kappa shape index (κ1) is 35.6. The van der Waals surface area contributed by atoms with Crippen LogP contribution in [0.3, 0.4) is 0 Å². The number of rotatable bonds is 8. The number of aliphatic carboxylic acids is 1. The van der Waals surface area contributed by atoms with Crippen LogP contribution in [0.1, 0.15) is 73.7 Å². The molecule has 0 saturated carbocycles. The number of benzene rings is 3. The normalized spacial score (nSPS) is 20.4. The van der Waals surface area contributed by atoms with E-state index in [0.717, 1.165) is 49.1 Å². The van der Waals surface area contributed by atoms with Crippen molar-refractivity contribution >= 4 is 11.7 Å². The first-order chi connectivity index (χ1) is 23.0. The van der Waals surface area contributed by atoms with Crippen LogP contribution in [-0.2, 0) is 17.8 Å². The molecule has 0 bridgehead atoms. The Bertz CT molecular complexity index is 1500. The second kappa shape index (κ2) is 16.1. The Morgan fingerprint density at radius 1 is 0.875 bits per heavy atom. The van der Waals surface area contributed by atoms with Crippen LogP contribution in [0.5, 0.6) is 5.75 Å². The number of halogens is 5. The number of carbonyl (C=O) groups is 1. The summed E-state index contributed by atoms with van der Waals surface area (Å²) < 4.78 is 80.1. The van der Waals surface area contributed by atoms with Crippen molar-refractivity contribution in [3.8, 4) is 5.75 Å². The van der Waals surface area contributed by atoms with Gasteiger partial charge in [0, 0.05) is 30.4 Å². The van der Waals surface area contributed by atoms with E-state index in [9.17, 15) is 23.1 Å². The summed E-state index contributed by atoms with van der Waals surface area (Å²) in [4.78, 5) is 16.3. The molecule has 1 fully saturated rings. The second-order valence-electron chi connectivity index (χ2n) is 13.0. The summed E-state index contributed by atoms with van der Waals surface area (Å²) in [6.45, 7) is 3.09. The van der Waals surface area contributed by atoms with E-state index >= 15 is 8.78 Å². The number of alkyl halides is 3. The molecular weight excluding hydrogens is 629 g/mol. The van der Waals surface area contributed by atoms with Crippen LogP contribution < -0.4 is 9.64 Å². The van der Waals surface area contributed by atoms with Gasteiger partial charge in [-0.3, -0.25) is 14.6 Å². The summed E-state index contributed by atoms with van der Waals surface area (Å²) in [5.74, 6) is -2.10. The zero-order valence-electron chi connectivity index (χ0n) is 27.3. The van der Waals surface area contributed by atoms with Gasteiger partial charge in [-0.25, -0.2) is 8.78 Å². The monoisotopic (exact) mass is 673 g/mol. The lowest BCUT2D eigenvalue weighted by Gasteiger charge is -2.42. The summed E-state index contributed by atoms with van der Waals surface area (Å²) in [5.41, 5.74) is 2.03. The largest absolute Gasteiger partial charge is 0.489 e. The highest BCUT2D eigenvalue weighted by atomic mass is 19.4. The average Bonchev–Trinajstić information content (AvgIpc) is 3.02. The molecule has 0 spiro atoms. The molecule has 1 unspecified atom stereocenters. The van der Waals surface area contributed by atoms with Gasteiger partial charge in [-0.2, -0.15) is 13.2 Å². The molecule has 6 nitrogen and oxygen atoms in total. The second-order valence-corrected chi connectivity index (χ2v) is 13.0. The maximum atomic E-state index is 16.2. The first-order valence-corrected chi connectivity index (χ1v) is 16.8. The van der Waals surface area contributed by atoms with Crippen molar-refractivity contribution in [2.75, 3.05) is 44.2 Å². The molecule has 2 atom stereocenters. The minimum atomic E-state index is -4.57. The third-order valence-corrected chi connectivity index (χ3v) is 9.30. The molecule has 0 radical (unpaired) electrons. The molecular formula is C37H44F5N3O3. The Balaban J connectivity index is 1.42. The Hall–Kier alpha value is -3.70. The van der Waals surface area contributed by atoms with Gasteiger partial charge < -0.3 is 14.7 Å². The van der Waals surface area contributed by atoms with E-state index in [2.05, 4.69) is 0 Å². The number of fused-ring (bicyclic) bond motifs is 1. The third-order valence-electron chi connectivity index (χ3n) is 9.30. The molecule has 5 rings (SSSR count). The van der Waals surface area contributed by atoms with Crippen LogP contribution in [-0.4, -0.2) is 72.4 Å². The molecule has 1 saturated heterocycles. The van der Waals surface area contributed by atoms with Gasteiger partial charge >= 0.3 is 12.1 Å². The SMILES string of the molecule is C[C@@H]1Cc2cc(OCc3ccccc3)ccc2C(c2c(F)cc(N3CCCCCCN(CC(=O)O)CCCC3)cc2F)N1CC(F)(F)F. The maximum Gasteiger partial charge on any atom is 0.401 e. The molecule has 3 aromatic rings. The van der Waals surface area contributed by atoms with E-state index in [-0.39, 0.29) is 13.0 Å². The summed E-state index contributed by atoms with van der Waals surface area (Å²) in [5, 5.41) is 9.24. The van der Waals surface area contributed by atoms with Gasteiger partial charge in [-0.15, -0.1) is 0 Å². The molecule has 2 aliphatic rings.